The number of hydrogen-bond acceptors (Lipinski definition) is 4. The first kappa shape index (κ1) is 18.5. The van der Waals surface area contributed by atoms with Gasteiger partial charge in [0.1, 0.15) is 5.82 Å². The maximum absolute atomic E-state index is 12.9. The molecule has 0 bridgehead atoms. The van der Waals surface area contributed by atoms with Gasteiger partial charge < -0.3 is 10.3 Å². The molecule has 0 radical (unpaired) electrons. The molecular formula is C24H23N5O. The molecule has 2 aromatic carbocycles. The number of carbonyl (C=O) groups is 1. The lowest BCUT2D eigenvalue weighted by Crippen LogP contribution is -2.39. The summed E-state index contributed by atoms with van der Waals surface area (Å²) in [5.41, 5.74) is 4.73. The van der Waals surface area contributed by atoms with Crippen molar-refractivity contribution in [2.24, 2.45) is 0 Å². The molecule has 2 aromatic heterocycles. The number of rotatable bonds is 5. The zero-order valence-electron chi connectivity index (χ0n) is 16.6. The zero-order valence-corrected chi connectivity index (χ0v) is 16.6. The number of para-hydroxylation sites is 2. The van der Waals surface area contributed by atoms with Crippen LogP contribution in [0.3, 0.4) is 0 Å². The summed E-state index contributed by atoms with van der Waals surface area (Å²) in [6, 6.07) is 21.6. The molecule has 1 aliphatic rings. The van der Waals surface area contributed by atoms with E-state index in [1.807, 2.05) is 66.7 Å². The lowest BCUT2D eigenvalue weighted by molar-refractivity contribution is -0.120. The van der Waals surface area contributed by atoms with E-state index >= 15 is 0 Å². The Morgan fingerprint density at radius 3 is 2.70 bits per heavy atom. The lowest BCUT2D eigenvalue weighted by atomic mass is 10.1. The Labute approximate surface area is 175 Å². The van der Waals surface area contributed by atoms with E-state index in [1.165, 1.54) is 0 Å². The van der Waals surface area contributed by atoms with Gasteiger partial charge >= 0.3 is 0 Å². The van der Waals surface area contributed by atoms with Crippen molar-refractivity contribution in [1.82, 2.24) is 19.9 Å². The summed E-state index contributed by atoms with van der Waals surface area (Å²) in [7, 11) is 0. The van der Waals surface area contributed by atoms with E-state index in [1.54, 1.807) is 6.20 Å². The summed E-state index contributed by atoms with van der Waals surface area (Å²) in [5, 5.41) is 3.07. The molecule has 0 saturated carbocycles. The van der Waals surface area contributed by atoms with E-state index < -0.39 is 0 Å². The molecule has 4 aromatic rings. The summed E-state index contributed by atoms with van der Waals surface area (Å²) in [6.45, 7) is 1.61. The highest BCUT2D eigenvalue weighted by atomic mass is 16.2. The minimum atomic E-state index is -0.123. The van der Waals surface area contributed by atoms with Crippen LogP contribution in [-0.4, -0.2) is 38.3 Å². The fourth-order valence-corrected chi connectivity index (χ4v) is 4.04. The monoisotopic (exact) mass is 397 g/mol. The number of nitrogens with zero attached hydrogens (tertiary/aromatic N) is 3. The van der Waals surface area contributed by atoms with Crippen LogP contribution in [0.5, 0.6) is 0 Å². The quantitative estimate of drug-likeness (QED) is 0.529. The number of benzene rings is 2. The topological polar surface area (TPSA) is 73.9 Å². The number of nitrogens with one attached hydrogen (secondary N) is 2. The third kappa shape index (κ3) is 3.82. The normalized spacial score (nSPS) is 16.7. The highest BCUT2D eigenvalue weighted by Gasteiger charge is 2.30. The smallest absolute Gasteiger partial charge is 0.241 e. The average molecular weight is 397 g/mol. The van der Waals surface area contributed by atoms with Gasteiger partial charge in [0.25, 0.3) is 0 Å². The highest BCUT2D eigenvalue weighted by Crippen LogP contribution is 2.24. The molecule has 6 nitrogen and oxygen atoms in total. The van der Waals surface area contributed by atoms with Crippen LogP contribution in [0.4, 0.5) is 5.69 Å². The second kappa shape index (κ2) is 8.08. The first-order valence-electron chi connectivity index (χ1n) is 10.3. The van der Waals surface area contributed by atoms with Crippen LogP contribution in [0.2, 0.25) is 0 Å². The van der Waals surface area contributed by atoms with Gasteiger partial charge in [0.2, 0.25) is 5.91 Å². The highest BCUT2D eigenvalue weighted by molar-refractivity contribution is 5.95. The van der Waals surface area contributed by atoms with Gasteiger partial charge in [-0.25, -0.2) is 4.98 Å². The fourth-order valence-electron chi connectivity index (χ4n) is 4.04. The van der Waals surface area contributed by atoms with Crippen molar-refractivity contribution in [3.8, 4) is 11.4 Å². The third-order valence-electron chi connectivity index (χ3n) is 5.57. The largest absolute Gasteiger partial charge is 0.338 e. The molecular weight excluding hydrogens is 374 g/mol. The number of hydrogen-bond donors (Lipinski definition) is 2. The van der Waals surface area contributed by atoms with Gasteiger partial charge in [-0.2, -0.15) is 0 Å². The molecule has 0 unspecified atom stereocenters. The summed E-state index contributed by atoms with van der Waals surface area (Å²) in [6.07, 6.45) is 3.69. The van der Waals surface area contributed by atoms with Crippen LogP contribution < -0.4 is 5.32 Å². The number of pyridine rings is 1. The van der Waals surface area contributed by atoms with E-state index in [0.29, 0.717) is 6.54 Å². The Morgan fingerprint density at radius 1 is 1.07 bits per heavy atom. The summed E-state index contributed by atoms with van der Waals surface area (Å²) in [4.78, 5) is 27.5. The third-order valence-corrected chi connectivity index (χ3v) is 5.57. The number of imidazole rings is 1. The number of aromatic nitrogens is 3. The van der Waals surface area contributed by atoms with E-state index in [9.17, 15) is 4.79 Å². The number of amides is 1. The number of carbonyl (C=O) groups excluding carboxylic acids is 1. The minimum absolute atomic E-state index is 0.0416. The standard InChI is InChI=1S/C24H23N5O/c30-24(22-9-5-15-29(22)16-19-6-3-4-14-25-19)26-18-12-10-17(11-13-18)23-27-20-7-1-2-8-21(20)28-23/h1-4,6-8,10-14,22H,5,9,15-16H2,(H,26,30)(H,27,28)/t22-/m0/s1. The number of anilines is 1. The van der Waals surface area contributed by atoms with Crippen molar-refractivity contribution in [2.45, 2.75) is 25.4 Å². The first-order valence-corrected chi connectivity index (χ1v) is 10.3. The molecule has 150 valence electrons. The van der Waals surface area contributed by atoms with Crippen LogP contribution in [0.25, 0.3) is 22.4 Å². The minimum Gasteiger partial charge on any atom is -0.338 e. The number of aromatic amines is 1. The number of H-pyrrole nitrogens is 1. The van der Waals surface area contributed by atoms with Gasteiger partial charge in [-0.05, 0) is 67.9 Å². The van der Waals surface area contributed by atoms with E-state index in [4.69, 9.17) is 0 Å². The molecule has 1 amide bonds. The Hall–Kier alpha value is -3.51. The molecule has 1 atom stereocenters. The molecule has 0 aliphatic carbocycles. The van der Waals surface area contributed by atoms with E-state index in [-0.39, 0.29) is 11.9 Å². The van der Waals surface area contributed by atoms with Gasteiger partial charge in [0, 0.05) is 24.0 Å². The van der Waals surface area contributed by atoms with Crippen molar-refractivity contribution in [2.75, 3.05) is 11.9 Å². The first-order chi connectivity index (χ1) is 14.8. The predicted octanol–water partition coefficient (Wildman–Crippen LogP) is 4.23. The van der Waals surface area contributed by atoms with Gasteiger partial charge in [-0.15, -0.1) is 0 Å². The van der Waals surface area contributed by atoms with E-state index in [2.05, 4.69) is 25.2 Å². The molecule has 2 N–H and O–H groups in total. The van der Waals surface area contributed by atoms with Crippen LogP contribution in [0.15, 0.2) is 72.9 Å². The Bertz CT molecular complexity index is 1120. The molecule has 1 fully saturated rings. The molecule has 30 heavy (non-hydrogen) atoms. The zero-order chi connectivity index (χ0) is 20.3. The molecule has 6 heteroatoms. The van der Waals surface area contributed by atoms with Gasteiger partial charge in [0.05, 0.1) is 22.8 Å². The Balaban J connectivity index is 1.26. The van der Waals surface area contributed by atoms with Crippen LogP contribution >= 0.6 is 0 Å². The summed E-state index contributed by atoms with van der Waals surface area (Å²) < 4.78 is 0. The summed E-state index contributed by atoms with van der Waals surface area (Å²) in [5.74, 6) is 0.867. The van der Waals surface area contributed by atoms with Gasteiger partial charge in [0.15, 0.2) is 0 Å². The SMILES string of the molecule is O=C(Nc1ccc(-c2nc3ccccc3[nH]2)cc1)[C@@H]1CCCN1Cc1ccccn1. The van der Waals surface area contributed by atoms with Crippen LogP contribution in [-0.2, 0) is 11.3 Å². The van der Waals surface area contributed by atoms with Gasteiger partial charge in [-0.3, -0.25) is 14.7 Å². The summed E-state index contributed by atoms with van der Waals surface area (Å²) >= 11 is 0. The van der Waals surface area contributed by atoms with Crippen LogP contribution in [0, 0.1) is 0 Å². The molecule has 1 saturated heterocycles. The maximum atomic E-state index is 12.9. The van der Waals surface area contributed by atoms with E-state index in [0.717, 1.165) is 53.2 Å². The predicted molar refractivity (Wildman–Crippen MR) is 118 cm³/mol. The molecule has 1 aliphatic heterocycles. The van der Waals surface area contributed by atoms with Crippen molar-refractivity contribution in [1.29, 1.82) is 0 Å². The van der Waals surface area contributed by atoms with Gasteiger partial charge in [-0.1, -0.05) is 18.2 Å². The lowest BCUT2D eigenvalue weighted by Gasteiger charge is -2.23. The van der Waals surface area contributed by atoms with Crippen LogP contribution in [0.1, 0.15) is 18.5 Å². The molecule has 0 spiro atoms. The number of fused-ring (bicyclic) bond motifs is 1. The maximum Gasteiger partial charge on any atom is 0.241 e. The van der Waals surface area contributed by atoms with Crippen molar-refractivity contribution >= 4 is 22.6 Å². The average Bonchev–Trinajstić information content (AvgIpc) is 3.42. The molecule has 5 rings (SSSR count). The van der Waals surface area contributed by atoms with Crippen molar-refractivity contribution < 1.29 is 4.79 Å². The second-order valence-corrected chi connectivity index (χ2v) is 7.62. The fraction of sp³-hybridized carbons (Fsp3) is 0.208. The molecule has 3 heterocycles. The number of likely N-dealkylation sites (tertiary alicyclic amines) is 1. The Kier molecular flexibility index (Phi) is 4.99. The Morgan fingerprint density at radius 2 is 1.90 bits per heavy atom. The van der Waals surface area contributed by atoms with Crippen molar-refractivity contribution in [3.05, 3.63) is 78.6 Å². The van der Waals surface area contributed by atoms with Crippen molar-refractivity contribution in [3.63, 3.8) is 0 Å². The second-order valence-electron chi connectivity index (χ2n) is 7.62.